The molecule has 0 atom stereocenters. The van der Waals surface area contributed by atoms with E-state index in [1.54, 1.807) is 0 Å². The molecular formula is C15H14F4N4O. The number of hydrogen-bond donors (Lipinski definition) is 2. The Bertz CT molecular complexity index is 784. The Morgan fingerprint density at radius 1 is 1.42 bits per heavy atom. The second kappa shape index (κ2) is 5.81. The lowest BCUT2D eigenvalue weighted by molar-refractivity contribution is -0.138. The zero-order valence-corrected chi connectivity index (χ0v) is 12.7. The van der Waals surface area contributed by atoms with E-state index in [-0.39, 0.29) is 5.69 Å². The molecule has 0 spiro atoms. The first-order chi connectivity index (χ1) is 11.3. The number of carbonyl (C=O) groups excluding carboxylic acids is 1. The molecule has 1 aliphatic heterocycles. The molecule has 0 fully saturated rings. The molecule has 3 rings (SSSR count). The Hall–Kier alpha value is -2.58. The second-order valence-electron chi connectivity index (χ2n) is 5.56. The molecule has 2 aromatic heterocycles. The minimum absolute atomic E-state index is 0.0346. The number of pyridine rings is 1. The average molecular weight is 342 g/mol. The molecule has 0 saturated carbocycles. The number of H-pyrrole nitrogens is 1. The van der Waals surface area contributed by atoms with Gasteiger partial charge in [0.1, 0.15) is 23.9 Å². The van der Waals surface area contributed by atoms with Crippen LogP contribution in [0.3, 0.4) is 0 Å². The lowest BCUT2D eigenvalue weighted by Crippen LogP contribution is -2.35. The summed E-state index contributed by atoms with van der Waals surface area (Å²) in [5.74, 6) is -0.781. The summed E-state index contributed by atoms with van der Waals surface area (Å²) in [5, 5.41) is 3.02. The normalized spacial score (nSPS) is 13.5. The minimum Gasteiger partial charge on any atom is -0.369 e. The number of hydrogen-bond acceptors (Lipinski definition) is 3. The quantitative estimate of drug-likeness (QED) is 0.844. The van der Waals surface area contributed by atoms with Gasteiger partial charge in [-0.25, -0.2) is 9.37 Å². The van der Waals surface area contributed by atoms with Crippen LogP contribution >= 0.6 is 0 Å². The molecule has 0 unspecified atom stereocenters. The summed E-state index contributed by atoms with van der Waals surface area (Å²) < 4.78 is 51.3. The maximum absolute atomic E-state index is 14.2. The SMILES string of the molecule is CN(CC(F)(F)F)C(=O)c1cc(-c2c(F)cnc3c2CCN3)c[nH]1. The highest BCUT2D eigenvalue weighted by Gasteiger charge is 2.32. The average Bonchev–Trinajstić information content (AvgIpc) is 3.13. The van der Waals surface area contributed by atoms with Crippen LogP contribution in [0.1, 0.15) is 16.1 Å². The molecule has 5 nitrogen and oxygen atoms in total. The zero-order chi connectivity index (χ0) is 17.5. The monoisotopic (exact) mass is 342 g/mol. The second-order valence-corrected chi connectivity index (χ2v) is 5.56. The third-order valence-corrected chi connectivity index (χ3v) is 3.77. The van der Waals surface area contributed by atoms with E-state index in [9.17, 15) is 22.4 Å². The van der Waals surface area contributed by atoms with Crippen LogP contribution in [0.2, 0.25) is 0 Å². The summed E-state index contributed by atoms with van der Waals surface area (Å²) in [6.45, 7) is -0.730. The molecule has 0 radical (unpaired) electrons. The highest BCUT2D eigenvalue weighted by atomic mass is 19.4. The number of anilines is 1. The van der Waals surface area contributed by atoms with Crippen LogP contribution in [0.15, 0.2) is 18.5 Å². The fraction of sp³-hybridized carbons (Fsp3) is 0.333. The van der Waals surface area contributed by atoms with Crippen LogP contribution in [0, 0.1) is 5.82 Å². The van der Waals surface area contributed by atoms with Gasteiger partial charge in [-0.1, -0.05) is 0 Å². The Morgan fingerprint density at radius 2 is 2.17 bits per heavy atom. The minimum atomic E-state index is -4.48. The topological polar surface area (TPSA) is 61.0 Å². The summed E-state index contributed by atoms with van der Waals surface area (Å²) >= 11 is 0. The van der Waals surface area contributed by atoms with E-state index in [4.69, 9.17) is 0 Å². The van der Waals surface area contributed by atoms with Crippen molar-refractivity contribution in [2.24, 2.45) is 0 Å². The predicted octanol–water partition coefficient (Wildman–Crippen LogP) is 2.82. The number of carbonyl (C=O) groups is 1. The van der Waals surface area contributed by atoms with E-state index in [1.165, 1.54) is 12.3 Å². The first-order valence-electron chi connectivity index (χ1n) is 7.18. The van der Waals surface area contributed by atoms with Crippen LogP contribution in [0.4, 0.5) is 23.4 Å². The lowest BCUT2D eigenvalue weighted by Gasteiger charge is -2.17. The fourth-order valence-electron chi connectivity index (χ4n) is 2.75. The van der Waals surface area contributed by atoms with Gasteiger partial charge in [-0.3, -0.25) is 4.79 Å². The molecule has 3 heterocycles. The van der Waals surface area contributed by atoms with Gasteiger partial charge >= 0.3 is 6.18 Å². The van der Waals surface area contributed by atoms with E-state index < -0.39 is 24.4 Å². The van der Waals surface area contributed by atoms with Crippen molar-refractivity contribution in [2.75, 3.05) is 25.5 Å². The summed E-state index contributed by atoms with van der Waals surface area (Å²) in [4.78, 5) is 19.2. The molecule has 128 valence electrons. The number of nitrogens with one attached hydrogen (secondary N) is 2. The van der Waals surface area contributed by atoms with Crippen molar-refractivity contribution < 1.29 is 22.4 Å². The first kappa shape index (κ1) is 16.3. The van der Waals surface area contributed by atoms with Gasteiger partial charge in [-0.2, -0.15) is 13.2 Å². The molecule has 9 heteroatoms. The summed E-state index contributed by atoms with van der Waals surface area (Å²) in [5.41, 5.74) is 1.36. The Morgan fingerprint density at radius 3 is 2.88 bits per heavy atom. The van der Waals surface area contributed by atoms with Crippen molar-refractivity contribution in [3.63, 3.8) is 0 Å². The zero-order valence-electron chi connectivity index (χ0n) is 12.7. The smallest absolute Gasteiger partial charge is 0.369 e. The molecule has 2 aromatic rings. The largest absolute Gasteiger partial charge is 0.406 e. The number of amides is 1. The van der Waals surface area contributed by atoms with Crippen LogP contribution in [0.25, 0.3) is 11.1 Å². The van der Waals surface area contributed by atoms with Crippen LogP contribution in [0.5, 0.6) is 0 Å². The highest BCUT2D eigenvalue weighted by Crippen LogP contribution is 2.34. The van der Waals surface area contributed by atoms with Crippen molar-refractivity contribution >= 4 is 11.7 Å². The third kappa shape index (κ3) is 3.06. The number of nitrogens with zero attached hydrogens (tertiary/aromatic N) is 2. The van der Waals surface area contributed by atoms with Gasteiger partial charge < -0.3 is 15.2 Å². The van der Waals surface area contributed by atoms with Crippen molar-refractivity contribution in [2.45, 2.75) is 12.6 Å². The number of fused-ring (bicyclic) bond motifs is 1. The molecule has 2 N–H and O–H groups in total. The van der Waals surface area contributed by atoms with Crippen molar-refractivity contribution in [3.05, 3.63) is 35.5 Å². The standard InChI is InChI=1S/C15H14F4N4O/c1-23(7-15(17,18)19)14(24)11-4-8(5-21-11)12-9-2-3-20-13(9)22-6-10(12)16/h4-6,21H,2-3,7H2,1H3,(H,20,22). The first-order valence-corrected chi connectivity index (χ1v) is 7.18. The molecule has 1 aliphatic rings. The Labute approximate surface area is 134 Å². The molecule has 24 heavy (non-hydrogen) atoms. The molecule has 1 amide bonds. The van der Waals surface area contributed by atoms with Gasteiger partial charge in [0.05, 0.1) is 6.20 Å². The van der Waals surface area contributed by atoms with E-state index in [0.717, 1.165) is 13.2 Å². The van der Waals surface area contributed by atoms with Gasteiger partial charge in [0.2, 0.25) is 0 Å². The van der Waals surface area contributed by atoms with Gasteiger partial charge in [-0.15, -0.1) is 0 Å². The number of halogens is 4. The molecule has 0 aliphatic carbocycles. The molecule has 0 saturated heterocycles. The van der Waals surface area contributed by atoms with E-state index >= 15 is 0 Å². The lowest BCUT2D eigenvalue weighted by atomic mass is 10.0. The van der Waals surface area contributed by atoms with Crippen LogP contribution < -0.4 is 5.32 Å². The highest BCUT2D eigenvalue weighted by molar-refractivity contribution is 5.94. The van der Waals surface area contributed by atoms with Gasteiger partial charge in [0.15, 0.2) is 0 Å². The summed E-state index contributed by atoms with van der Waals surface area (Å²) in [6.07, 6.45) is -1.41. The van der Waals surface area contributed by atoms with Crippen LogP contribution in [-0.2, 0) is 6.42 Å². The third-order valence-electron chi connectivity index (χ3n) is 3.77. The molecular weight excluding hydrogens is 328 g/mol. The van der Waals surface area contributed by atoms with Crippen LogP contribution in [-0.4, -0.2) is 47.1 Å². The molecule has 0 aromatic carbocycles. The van der Waals surface area contributed by atoms with Gasteiger partial charge in [-0.05, 0) is 12.5 Å². The van der Waals surface area contributed by atoms with Crippen molar-refractivity contribution in [1.82, 2.24) is 14.9 Å². The van der Waals surface area contributed by atoms with Crippen molar-refractivity contribution in [1.29, 1.82) is 0 Å². The summed E-state index contributed by atoms with van der Waals surface area (Å²) in [7, 11) is 1.06. The maximum Gasteiger partial charge on any atom is 0.406 e. The fourth-order valence-corrected chi connectivity index (χ4v) is 2.75. The van der Waals surface area contributed by atoms with E-state index in [2.05, 4.69) is 15.3 Å². The maximum atomic E-state index is 14.2. The van der Waals surface area contributed by atoms with Crippen molar-refractivity contribution in [3.8, 4) is 11.1 Å². The van der Waals surface area contributed by atoms with Gasteiger partial charge in [0, 0.05) is 36.5 Å². The number of alkyl halides is 3. The Balaban J connectivity index is 1.90. The number of aromatic nitrogens is 2. The van der Waals surface area contributed by atoms with E-state index in [1.807, 2.05) is 0 Å². The number of aromatic amines is 1. The van der Waals surface area contributed by atoms with E-state index in [0.29, 0.717) is 40.4 Å². The Kier molecular flexibility index (Phi) is 3.94. The molecule has 0 bridgehead atoms. The van der Waals surface area contributed by atoms with Gasteiger partial charge in [0.25, 0.3) is 5.91 Å². The summed E-state index contributed by atoms with van der Waals surface area (Å²) in [6, 6.07) is 1.35. The predicted molar refractivity (Wildman–Crippen MR) is 79.2 cm³/mol. The number of rotatable bonds is 3.